The minimum atomic E-state index is -4.12. The zero-order chi connectivity index (χ0) is 13.9. The summed E-state index contributed by atoms with van der Waals surface area (Å²) in [5.74, 6) is 0.994. The number of hydrogen-bond acceptors (Lipinski definition) is 2. The molecule has 0 bridgehead atoms. The molecule has 0 aromatic rings. The first-order valence-corrected chi connectivity index (χ1v) is 6.73. The van der Waals surface area contributed by atoms with Crippen molar-refractivity contribution in [1.29, 1.82) is 0 Å². The highest BCUT2D eigenvalue weighted by atomic mass is 19.4. The molecule has 0 saturated carbocycles. The van der Waals surface area contributed by atoms with E-state index in [9.17, 15) is 13.2 Å². The van der Waals surface area contributed by atoms with Crippen LogP contribution in [-0.4, -0.2) is 42.8 Å². The maximum Gasteiger partial charge on any atom is 0.401 e. The Morgan fingerprint density at radius 1 is 1.17 bits per heavy atom. The van der Waals surface area contributed by atoms with Gasteiger partial charge in [0, 0.05) is 25.2 Å². The molecule has 0 aliphatic carbocycles. The first kappa shape index (κ1) is 15.8. The molecule has 1 aliphatic rings. The van der Waals surface area contributed by atoms with Gasteiger partial charge in [0.2, 0.25) is 0 Å². The zero-order valence-corrected chi connectivity index (χ0v) is 11.7. The topological polar surface area (TPSA) is 15.3 Å². The molecule has 108 valence electrons. The van der Waals surface area contributed by atoms with E-state index >= 15 is 0 Å². The minimum Gasteiger partial charge on any atom is -0.305 e. The second-order valence-corrected chi connectivity index (χ2v) is 5.98. The second-order valence-electron chi connectivity index (χ2n) is 5.98. The number of nitrogens with one attached hydrogen (secondary N) is 1. The fraction of sp³-hybridized carbons (Fsp3) is 1.00. The molecule has 0 aromatic heterocycles. The molecule has 1 N–H and O–H groups in total. The van der Waals surface area contributed by atoms with E-state index in [1.807, 2.05) is 0 Å². The van der Waals surface area contributed by atoms with Gasteiger partial charge in [-0.15, -0.1) is 0 Å². The van der Waals surface area contributed by atoms with Crippen molar-refractivity contribution in [3.05, 3.63) is 0 Å². The molecule has 0 amide bonds. The van der Waals surface area contributed by atoms with Crippen molar-refractivity contribution in [2.45, 2.75) is 52.4 Å². The molecule has 0 radical (unpaired) electrons. The number of alkyl halides is 3. The average molecular weight is 266 g/mol. The molecule has 1 heterocycles. The summed E-state index contributed by atoms with van der Waals surface area (Å²) >= 11 is 0. The summed E-state index contributed by atoms with van der Waals surface area (Å²) in [6.45, 7) is 9.34. The first-order valence-electron chi connectivity index (χ1n) is 6.73. The van der Waals surface area contributed by atoms with E-state index in [-0.39, 0.29) is 6.04 Å². The Kier molecular flexibility index (Phi) is 5.46. The molecule has 1 fully saturated rings. The van der Waals surface area contributed by atoms with Gasteiger partial charge >= 0.3 is 6.18 Å². The van der Waals surface area contributed by atoms with Crippen LogP contribution in [0.1, 0.15) is 34.1 Å². The molecular weight excluding hydrogens is 241 g/mol. The fourth-order valence-corrected chi connectivity index (χ4v) is 2.49. The largest absolute Gasteiger partial charge is 0.401 e. The Labute approximate surface area is 108 Å². The Morgan fingerprint density at radius 2 is 1.78 bits per heavy atom. The van der Waals surface area contributed by atoms with Gasteiger partial charge in [0.25, 0.3) is 0 Å². The van der Waals surface area contributed by atoms with Crippen LogP contribution in [-0.2, 0) is 0 Å². The highest BCUT2D eigenvalue weighted by Crippen LogP contribution is 2.25. The van der Waals surface area contributed by atoms with Crippen molar-refractivity contribution < 1.29 is 13.2 Å². The van der Waals surface area contributed by atoms with Gasteiger partial charge in [0.05, 0.1) is 6.54 Å². The predicted molar refractivity (Wildman–Crippen MR) is 67.5 cm³/mol. The van der Waals surface area contributed by atoms with Crippen LogP contribution < -0.4 is 5.32 Å². The summed E-state index contributed by atoms with van der Waals surface area (Å²) in [6, 6.07) is 0.344. The Morgan fingerprint density at radius 3 is 2.22 bits per heavy atom. The number of nitrogens with zero attached hydrogens (tertiary/aromatic N) is 1. The van der Waals surface area contributed by atoms with Crippen molar-refractivity contribution in [2.75, 3.05) is 19.6 Å². The zero-order valence-electron chi connectivity index (χ0n) is 11.7. The average Bonchev–Trinajstić information content (AvgIpc) is 2.25. The van der Waals surface area contributed by atoms with Gasteiger partial charge in [-0.1, -0.05) is 13.8 Å². The number of piperidine rings is 1. The highest BCUT2D eigenvalue weighted by molar-refractivity contribution is 4.86. The maximum atomic E-state index is 12.2. The number of halogens is 3. The fourth-order valence-electron chi connectivity index (χ4n) is 2.49. The van der Waals surface area contributed by atoms with Crippen molar-refractivity contribution in [3.8, 4) is 0 Å². The van der Waals surface area contributed by atoms with E-state index in [1.165, 1.54) is 0 Å². The molecule has 1 aliphatic heterocycles. The van der Waals surface area contributed by atoms with Crippen LogP contribution in [0.15, 0.2) is 0 Å². The smallest absolute Gasteiger partial charge is 0.305 e. The molecule has 18 heavy (non-hydrogen) atoms. The van der Waals surface area contributed by atoms with E-state index in [2.05, 4.69) is 37.9 Å². The summed E-state index contributed by atoms with van der Waals surface area (Å²) in [4.78, 5) is 2.28. The van der Waals surface area contributed by atoms with Crippen LogP contribution in [0, 0.1) is 11.8 Å². The van der Waals surface area contributed by atoms with E-state index in [1.54, 1.807) is 0 Å². The molecule has 5 heteroatoms. The van der Waals surface area contributed by atoms with Gasteiger partial charge in [-0.2, -0.15) is 13.2 Å². The number of rotatable bonds is 4. The monoisotopic (exact) mass is 266 g/mol. The van der Waals surface area contributed by atoms with E-state index in [0.29, 0.717) is 17.9 Å². The molecule has 2 unspecified atom stereocenters. The predicted octanol–water partition coefficient (Wildman–Crippen LogP) is 2.89. The van der Waals surface area contributed by atoms with E-state index in [0.717, 1.165) is 19.5 Å². The lowest BCUT2D eigenvalue weighted by Crippen LogP contribution is -2.53. The van der Waals surface area contributed by atoms with Crippen molar-refractivity contribution in [1.82, 2.24) is 10.2 Å². The van der Waals surface area contributed by atoms with Crippen LogP contribution in [0.2, 0.25) is 0 Å². The quantitative estimate of drug-likeness (QED) is 0.841. The van der Waals surface area contributed by atoms with Gasteiger partial charge in [0.15, 0.2) is 0 Å². The lowest BCUT2D eigenvalue weighted by molar-refractivity contribution is -0.127. The molecular formula is C13H25F3N2. The summed E-state index contributed by atoms with van der Waals surface area (Å²) in [5, 5.41) is 2.66. The molecule has 0 aromatic carbocycles. The lowest BCUT2D eigenvalue weighted by Gasteiger charge is -2.42. The molecule has 1 rings (SSSR count). The van der Waals surface area contributed by atoms with Gasteiger partial charge < -0.3 is 5.32 Å². The lowest BCUT2D eigenvalue weighted by atomic mass is 9.85. The normalized spacial score (nSPS) is 27.2. The second kappa shape index (κ2) is 6.24. The Hall–Kier alpha value is -0.290. The SMILES string of the molecule is CC(C)C1CC(NCC(F)(F)F)CN(C(C)C)C1. The van der Waals surface area contributed by atoms with Gasteiger partial charge in [-0.25, -0.2) is 0 Å². The number of hydrogen-bond donors (Lipinski definition) is 1. The third-order valence-corrected chi connectivity index (χ3v) is 3.78. The highest BCUT2D eigenvalue weighted by Gasteiger charge is 2.33. The maximum absolute atomic E-state index is 12.2. The van der Waals surface area contributed by atoms with Crippen molar-refractivity contribution >= 4 is 0 Å². The summed E-state index contributed by atoms with van der Waals surface area (Å²) in [6.07, 6.45) is -3.27. The van der Waals surface area contributed by atoms with Crippen LogP contribution in [0.25, 0.3) is 0 Å². The van der Waals surface area contributed by atoms with Crippen molar-refractivity contribution in [3.63, 3.8) is 0 Å². The van der Waals surface area contributed by atoms with Crippen LogP contribution >= 0.6 is 0 Å². The van der Waals surface area contributed by atoms with Crippen molar-refractivity contribution in [2.24, 2.45) is 11.8 Å². The first-order chi connectivity index (χ1) is 8.19. The van der Waals surface area contributed by atoms with Crippen LogP contribution in [0.5, 0.6) is 0 Å². The minimum absolute atomic E-state index is 0.0461. The van der Waals surface area contributed by atoms with Crippen LogP contribution in [0.4, 0.5) is 13.2 Å². The Balaban J connectivity index is 2.56. The molecule has 1 saturated heterocycles. The summed E-state index contributed by atoms with van der Waals surface area (Å²) in [7, 11) is 0. The molecule has 2 atom stereocenters. The summed E-state index contributed by atoms with van der Waals surface area (Å²) < 4.78 is 36.7. The van der Waals surface area contributed by atoms with Gasteiger partial charge in [-0.3, -0.25) is 4.90 Å². The van der Waals surface area contributed by atoms with E-state index in [4.69, 9.17) is 0 Å². The third-order valence-electron chi connectivity index (χ3n) is 3.78. The third kappa shape index (κ3) is 5.14. The number of likely N-dealkylation sites (tertiary alicyclic amines) is 1. The molecule has 2 nitrogen and oxygen atoms in total. The van der Waals surface area contributed by atoms with Gasteiger partial charge in [-0.05, 0) is 32.1 Å². The standard InChI is InChI=1S/C13H25F3N2/c1-9(2)11-5-12(17-8-13(14,15)16)7-18(6-11)10(3)4/h9-12,17H,5-8H2,1-4H3. The molecule has 0 spiro atoms. The van der Waals surface area contributed by atoms with Gasteiger partial charge in [0.1, 0.15) is 0 Å². The summed E-state index contributed by atoms with van der Waals surface area (Å²) in [5.41, 5.74) is 0. The Bertz CT molecular complexity index is 235. The van der Waals surface area contributed by atoms with Crippen LogP contribution in [0.3, 0.4) is 0 Å². The van der Waals surface area contributed by atoms with E-state index < -0.39 is 12.7 Å².